The molecule has 0 unspecified atom stereocenters. The summed E-state index contributed by atoms with van der Waals surface area (Å²) in [6.07, 6.45) is 12.3. The molecular weight excluding hydrogens is 336 g/mol. The second-order valence-corrected chi connectivity index (χ2v) is 11.1. The minimum absolute atomic E-state index is 0.0234. The molecule has 4 aliphatic carbocycles. The fourth-order valence-corrected chi connectivity index (χ4v) is 8.77. The molecule has 0 saturated heterocycles. The molecule has 4 fully saturated rings. The average molecular weight is 376 g/mol. The molecule has 0 aromatic carbocycles. The van der Waals surface area contributed by atoms with Crippen LogP contribution >= 0.6 is 0 Å². The van der Waals surface area contributed by atoms with Crippen LogP contribution in [0.5, 0.6) is 0 Å². The van der Waals surface area contributed by atoms with Crippen molar-refractivity contribution in [3.05, 3.63) is 0 Å². The summed E-state index contributed by atoms with van der Waals surface area (Å²) in [6.45, 7) is 7.11. The number of aliphatic hydroxyl groups excluding tert-OH is 1. The minimum Gasteiger partial charge on any atom is -0.550 e. The van der Waals surface area contributed by atoms with Gasteiger partial charge >= 0.3 is 0 Å². The highest BCUT2D eigenvalue weighted by Gasteiger charge is 2.63. The molecule has 0 bridgehead atoms. The zero-order chi connectivity index (χ0) is 19.4. The monoisotopic (exact) mass is 375 g/mol. The number of carboxylic acids is 1. The van der Waals surface area contributed by atoms with Crippen molar-refractivity contribution < 1.29 is 15.0 Å². The van der Waals surface area contributed by atoms with E-state index in [9.17, 15) is 15.0 Å². The van der Waals surface area contributed by atoms with Crippen LogP contribution in [0.25, 0.3) is 0 Å². The Morgan fingerprint density at radius 3 is 2.63 bits per heavy atom. The summed E-state index contributed by atoms with van der Waals surface area (Å²) in [4.78, 5) is 10.9. The highest BCUT2D eigenvalue weighted by atomic mass is 16.4. The molecule has 0 radical (unpaired) electrons. The summed E-state index contributed by atoms with van der Waals surface area (Å²) in [7, 11) is 0. The Morgan fingerprint density at radius 1 is 1.11 bits per heavy atom. The molecule has 3 heteroatoms. The van der Waals surface area contributed by atoms with Crippen LogP contribution in [-0.2, 0) is 4.79 Å². The third kappa shape index (κ3) is 2.98. The van der Waals surface area contributed by atoms with Crippen LogP contribution in [0.3, 0.4) is 0 Å². The number of hydrogen-bond donors (Lipinski definition) is 1. The van der Waals surface area contributed by atoms with E-state index in [2.05, 4.69) is 20.8 Å². The smallest absolute Gasteiger partial charge is 0.0602 e. The van der Waals surface area contributed by atoms with Gasteiger partial charge in [-0.1, -0.05) is 33.6 Å². The maximum Gasteiger partial charge on any atom is 0.0602 e. The third-order valence-electron chi connectivity index (χ3n) is 10.3. The van der Waals surface area contributed by atoms with Crippen molar-refractivity contribution in [2.24, 2.45) is 46.3 Å². The van der Waals surface area contributed by atoms with Gasteiger partial charge in [0, 0.05) is 5.97 Å². The molecule has 4 rings (SSSR count). The highest BCUT2D eigenvalue weighted by Crippen LogP contribution is 2.68. The molecule has 0 spiro atoms. The van der Waals surface area contributed by atoms with Gasteiger partial charge in [0.1, 0.15) is 0 Å². The van der Waals surface area contributed by atoms with Gasteiger partial charge in [-0.3, -0.25) is 0 Å². The molecule has 0 aromatic heterocycles. The first kappa shape index (κ1) is 19.7. The Morgan fingerprint density at radius 2 is 1.89 bits per heavy atom. The van der Waals surface area contributed by atoms with Gasteiger partial charge in [0.05, 0.1) is 6.10 Å². The van der Waals surface area contributed by atoms with Crippen molar-refractivity contribution in [3.8, 4) is 0 Å². The van der Waals surface area contributed by atoms with Crippen molar-refractivity contribution >= 4 is 5.97 Å². The Bertz CT molecular complexity index is 574. The van der Waals surface area contributed by atoms with E-state index in [0.29, 0.717) is 35.5 Å². The lowest BCUT2D eigenvalue weighted by molar-refractivity contribution is -0.306. The Labute approximate surface area is 165 Å². The normalized spacial score (nSPS) is 50.4. The summed E-state index contributed by atoms with van der Waals surface area (Å²) >= 11 is 0. The Hall–Kier alpha value is -0.570. The van der Waals surface area contributed by atoms with E-state index in [0.717, 1.165) is 24.7 Å². The summed E-state index contributed by atoms with van der Waals surface area (Å²) < 4.78 is 0. The van der Waals surface area contributed by atoms with Crippen molar-refractivity contribution in [3.63, 3.8) is 0 Å². The van der Waals surface area contributed by atoms with Crippen LogP contribution in [0.4, 0.5) is 0 Å². The van der Waals surface area contributed by atoms with E-state index in [-0.39, 0.29) is 17.9 Å². The van der Waals surface area contributed by atoms with E-state index in [1.54, 1.807) is 0 Å². The fourth-order valence-electron chi connectivity index (χ4n) is 8.77. The molecule has 27 heavy (non-hydrogen) atoms. The summed E-state index contributed by atoms with van der Waals surface area (Å²) in [5.41, 5.74) is 0.423. The van der Waals surface area contributed by atoms with Crippen LogP contribution < -0.4 is 5.11 Å². The standard InChI is InChI=1S/C24H40O3/c1-15(7-12-22(26)27)18-10-11-19-17-9-8-16-6-4-5-13-23(16,2)20(17)14-21(25)24(18,19)3/h15-21,25H,4-14H2,1-3H3,(H,26,27)/p-1/t15-,16+,17+,18-,19+,20+,21-,23+,24-/m1/s1. The van der Waals surface area contributed by atoms with Gasteiger partial charge in [0.15, 0.2) is 0 Å². The zero-order valence-electron chi connectivity index (χ0n) is 17.6. The van der Waals surface area contributed by atoms with Gasteiger partial charge in [0.25, 0.3) is 0 Å². The second kappa shape index (κ2) is 7.04. The number of rotatable bonds is 4. The number of aliphatic hydroxyl groups is 1. The molecule has 154 valence electrons. The number of carbonyl (C=O) groups excluding carboxylic acids is 1. The third-order valence-corrected chi connectivity index (χ3v) is 10.3. The second-order valence-electron chi connectivity index (χ2n) is 11.1. The number of carboxylic acid groups (broad SMARTS) is 1. The van der Waals surface area contributed by atoms with Crippen LogP contribution in [0.1, 0.15) is 91.4 Å². The maximum absolute atomic E-state index is 11.5. The van der Waals surface area contributed by atoms with Crippen molar-refractivity contribution in [2.75, 3.05) is 0 Å². The molecule has 9 atom stereocenters. The first-order chi connectivity index (χ1) is 12.8. The van der Waals surface area contributed by atoms with Crippen LogP contribution in [0.15, 0.2) is 0 Å². The van der Waals surface area contributed by atoms with E-state index in [4.69, 9.17) is 0 Å². The van der Waals surface area contributed by atoms with E-state index in [1.807, 2.05) is 0 Å². The van der Waals surface area contributed by atoms with Crippen LogP contribution in [0.2, 0.25) is 0 Å². The van der Waals surface area contributed by atoms with Gasteiger partial charge < -0.3 is 15.0 Å². The first-order valence-corrected chi connectivity index (χ1v) is 11.7. The highest BCUT2D eigenvalue weighted by molar-refractivity contribution is 5.64. The predicted octanol–water partition coefficient (Wildman–Crippen LogP) is 4.17. The number of carbonyl (C=O) groups is 1. The summed E-state index contributed by atoms with van der Waals surface area (Å²) in [5.74, 6) is 2.84. The van der Waals surface area contributed by atoms with Gasteiger partial charge in [-0.25, -0.2) is 0 Å². The van der Waals surface area contributed by atoms with Crippen LogP contribution in [0, 0.1) is 46.3 Å². The average Bonchev–Trinajstić information content (AvgIpc) is 2.99. The SMILES string of the molecule is C[C@H](CCC(=O)[O-])[C@H]1CC[C@H]2[C@@H]3CC[C@@H]4CCCC[C@]4(C)[C@H]3C[C@@H](O)[C@]12C. The minimum atomic E-state index is -0.936. The first-order valence-electron chi connectivity index (χ1n) is 11.7. The summed E-state index contributed by atoms with van der Waals surface area (Å²) in [6, 6.07) is 0. The summed E-state index contributed by atoms with van der Waals surface area (Å²) in [5, 5.41) is 22.4. The lowest BCUT2D eigenvalue weighted by atomic mass is 9.44. The van der Waals surface area contributed by atoms with Crippen molar-refractivity contribution in [2.45, 2.75) is 97.5 Å². The molecular formula is C24H39O3-. The lowest BCUT2D eigenvalue weighted by Gasteiger charge is -2.62. The molecule has 1 N–H and O–H groups in total. The molecule has 0 heterocycles. The van der Waals surface area contributed by atoms with Crippen LogP contribution in [-0.4, -0.2) is 17.2 Å². The number of hydrogen-bond acceptors (Lipinski definition) is 3. The van der Waals surface area contributed by atoms with Crippen molar-refractivity contribution in [1.29, 1.82) is 0 Å². The molecule has 4 saturated carbocycles. The zero-order valence-corrected chi connectivity index (χ0v) is 17.6. The van der Waals surface area contributed by atoms with E-state index >= 15 is 0 Å². The number of aliphatic carboxylic acids is 1. The van der Waals surface area contributed by atoms with E-state index < -0.39 is 5.97 Å². The van der Waals surface area contributed by atoms with Gasteiger partial charge in [0.2, 0.25) is 0 Å². The number of fused-ring (bicyclic) bond motifs is 5. The Balaban J connectivity index is 1.57. The van der Waals surface area contributed by atoms with Gasteiger partial charge in [-0.2, -0.15) is 0 Å². The topological polar surface area (TPSA) is 60.4 Å². The predicted molar refractivity (Wildman–Crippen MR) is 105 cm³/mol. The molecule has 4 aliphatic rings. The maximum atomic E-state index is 11.5. The quantitative estimate of drug-likeness (QED) is 0.802. The molecule has 3 nitrogen and oxygen atoms in total. The van der Waals surface area contributed by atoms with E-state index in [1.165, 1.54) is 44.9 Å². The van der Waals surface area contributed by atoms with Crippen molar-refractivity contribution in [1.82, 2.24) is 0 Å². The fraction of sp³-hybridized carbons (Fsp3) is 0.958. The largest absolute Gasteiger partial charge is 0.550 e. The van der Waals surface area contributed by atoms with Gasteiger partial charge in [-0.05, 0) is 104 Å². The lowest BCUT2D eigenvalue weighted by Crippen LogP contribution is -2.58. The molecule has 0 amide bonds. The Kier molecular flexibility index (Phi) is 5.15. The molecule has 0 aromatic rings. The van der Waals surface area contributed by atoms with Gasteiger partial charge in [-0.15, -0.1) is 0 Å². The molecule has 0 aliphatic heterocycles.